The number of hydrogen-bond acceptors (Lipinski definition) is 4. The summed E-state index contributed by atoms with van der Waals surface area (Å²) in [6, 6.07) is 16.3. The molecule has 30 heavy (non-hydrogen) atoms. The highest BCUT2D eigenvalue weighted by atomic mass is 35.5. The van der Waals surface area contributed by atoms with Crippen LogP contribution in [-0.4, -0.2) is 29.2 Å². The van der Waals surface area contributed by atoms with Crippen molar-refractivity contribution in [1.29, 1.82) is 0 Å². The quantitative estimate of drug-likeness (QED) is 0.449. The first-order valence-electron chi connectivity index (χ1n) is 9.14. The van der Waals surface area contributed by atoms with Crippen LogP contribution in [0.1, 0.15) is 27.3 Å². The Balaban J connectivity index is 1.67. The van der Waals surface area contributed by atoms with Gasteiger partial charge in [0.2, 0.25) is 0 Å². The van der Waals surface area contributed by atoms with Crippen LogP contribution in [0.4, 0.5) is 0 Å². The van der Waals surface area contributed by atoms with E-state index in [-0.39, 0.29) is 12.5 Å². The SMILES string of the molecule is Cc1ccc(C)n1-c1cccc(C(=O)NN=Cc2ccc(OCC(N)=O)c(Cl)c2)c1. The number of carbonyl (C=O) groups is 2. The molecule has 3 rings (SSSR count). The Labute approximate surface area is 179 Å². The molecule has 2 amide bonds. The Hall–Kier alpha value is -3.58. The van der Waals surface area contributed by atoms with Gasteiger partial charge in [0.05, 0.1) is 11.2 Å². The molecule has 8 heteroatoms. The van der Waals surface area contributed by atoms with Crippen LogP contribution in [0.15, 0.2) is 59.7 Å². The highest BCUT2D eigenvalue weighted by molar-refractivity contribution is 6.32. The second-order valence-electron chi connectivity index (χ2n) is 6.65. The van der Waals surface area contributed by atoms with Crippen LogP contribution in [0.2, 0.25) is 5.02 Å². The molecule has 3 aromatic rings. The normalized spacial score (nSPS) is 10.9. The van der Waals surface area contributed by atoms with Gasteiger partial charge in [0.1, 0.15) is 5.75 Å². The summed E-state index contributed by atoms with van der Waals surface area (Å²) < 4.78 is 7.26. The Morgan fingerprint density at radius 2 is 1.87 bits per heavy atom. The van der Waals surface area contributed by atoms with Crippen LogP contribution < -0.4 is 15.9 Å². The largest absolute Gasteiger partial charge is 0.482 e. The fourth-order valence-corrected chi connectivity index (χ4v) is 3.20. The van der Waals surface area contributed by atoms with Gasteiger partial charge in [0.25, 0.3) is 11.8 Å². The minimum Gasteiger partial charge on any atom is -0.482 e. The fraction of sp³-hybridized carbons (Fsp3) is 0.136. The fourth-order valence-electron chi connectivity index (χ4n) is 2.96. The van der Waals surface area contributed by atoms with Crippen molar-refractivity contribution in [2.45, 2.75) is 13.8 Å². The number of primary amides is 1. The maximum absolute atomic E-state index is 12.5. The molecule has 0 bridgehead atoms. The zero-order chi connectivity index (χ0) is 21.7. The molecule has 3 N–H and O–H groups in total. The summed E-state index contributed by atoms with van der Waals surface area (Å²) in [5.41, 5.74) is 11.8. The first-order chi connectivity index (χ1) is 14.3. The number of hydrazone groups is 1. The van der Waals surface area contributed by atoms with E-state index in [2.05, 4.69) is 15.1 Å². The molecule has 2 aromatic carbocycles. The van der Waals surface area contributed by atoms with E-state index in [0.29, 0.717) is 21.9 Å². The zero-order valence-corrected chi connectivity index (χ0v) is 17.3. The number of amides is 2. The van der Waals surface area contributed by atoms with Crippen molar-refractivity contribution in [3.05, 3.63) is 82.1 Å². The van der Waals surface area contributed by atoms with Gasteiger partial charge in [-0.15, -0.1) is 0 Å². The van der Waals surface area contributed by atoms with E-state index < -0.39 is 5.91 Å². The van der Waals surface area contributed by atoms with E-state index in [9.17, 15) is 9.59 Å². The summed E-state index contributed by atoms with van der Waals surface area (Å²) in [7, 11) is 0. The maximum Gasteiger partial charge on any atom is 0.271 e. The van der Waals surface area contributed by atoms with Gasteiger partial charge in [-0.1, -0.05) is 17.7 Å². The van der Waals surface area contributed by atoms with Crippen LogP contribution in [0.3, 0.4) is 0 Å². The predicted octanol–water partition coefficient (Wildman–Crippen LogP) is 3.38. The maximum atomic E-state index is 12.5. The van der Waals surface area contributed by atoms with Crippen molar-refractivity contribution < 1.29 is 14.3 Å². The Kier molecular flexibility index (Phi) is 6.54. The highest BCUT2D eigenvalue weighted by Crippen LogP contribution is 2.24. The van der Waals surface area contributed by atoms with Crippen molar-refractivity contribution in [2.75, 3.05) is 6.61 Å². The minimum absolute atomic E-state index is 0.260. The summed E-state index contributed by atoms with van der Waals surface area (Å²) in [6.07, 6.45) is 1.46. The molecule has 1 aromatic heterocycles. The first kappa shape index (κ1) is 21.1. The number of halogens is 1. The molecular formula is C22H21ClN4O3. The third kappa shape index (κ3) is 5.07. The van der Waals surface area contributed by atoms with E-state index in [1.807, 2.05) is 44.2 Å². The van der Waals surface area contributed by atoms with Gasteiger partial charge in [0.15, 0.2) is 6.61 Å². The van der Waals surface area contributed by atoms with Crippen molar-refractivity contribution in [2.24, 2.45) is 10.8 Å². The topological polar surface area (TPSA) is 98.7 Å². The van der Waals surface area contributed by atoms with Gasteiger partial charge in [-0.25, -0.2) is 5.43 Å². The van der Waals surface area contributed by atoms with Crippen LogP contribution >= 0.6 is 11.6 Å². The molecule has 0 saturated heterocycles. The molecule has 0 unspecified atom stereocenters. The van der Waals surface area contributed by atoms with Crippen LogP contribution in [-0.2, 0) is 4.79 Å². The molecule has 1 heterocycles. The molecule has 0 spiro atoms. The molecule has 0 aliphatic rings. The summed E-state index contributed by atoms with van der Waals surface area (Å²) >= 11 is 6.11. The number of carbonyl (C=O) groups excluding carboxylic acids is 2. The van der Waals surface area contributed by atoms with E-state index in [1.54, 1.807) is 24.3 Å². The van der Waals surface area contributed by atoms with E-state index in [0.717, 1.165) is 17.1 Å². The Morgan fingerprint density at radius 1 is 1.13 bits per heavy atom. The Bertz CT molecular complexity index is 1100. The number of aryl methyl sites for hydroxylation is 2. The van der Waals surface area contributed by atoms with Crippen molar-refractivity contribution >= 4 is 29.6 Å². The summed E-state index contributed by atoms with van der Waals surface area (Å²) in [6.45, 7) is 3.77. The molecular weight excluding hydrogens is 404 g/mol. The van der Waals surface area contributed by atoms with Gasteiger partial charge in [-0.2, -0.15) is 5.10 Å². The molecule has 154 valence electrons. The zero-order valence-electron chi connectivity index (χ0n) is 16.6. The smallest absolute Gasteiger partial charge is 0.271 e. The molecule has 0 fully saturated rings. The molecule has 7 nitrogen and oxygen atoms in total. The molecule has 0 radical (unpaired) electrons. The lowest BCUT2D eigenvalue weighted by Crippen LogP contribution is -2.20. The summed E-state index contributed by atoms with van der Waals surface area (Å²) in [4.78, 5) is 23.3. The average molecular weight is 425 g/mol. The number of nitrogens with zero attached hydrogens (tertiary/aromatic N) is 2. The number of aromatic nitrogens is 1. The monoisotopic (exact) mass is 424 g/mol. The van der Waals surface area contributed by atoms with Crippen molar-refractivity contribution in [3.63, 3.8) is 0 Å². The van der Waals surface area contributed by atoms with Gasteiger partial charge in [-0.05, 0) is 67.9 Å². The van der Waals surface area contributed by atoms with Crippen molar-refractivity contribution in [3.8, 4) is 11.4 Å². The predicted molar refractivity (Wildman–Crippen MR) is 116 cm³/mol. The number of nitrogens with one attached hydrogen (secondary N) is 1. The van der Waals surface area contributed by atoms with E-state index >= 15 is 0 Å². The molecule has 0 aliphatic carbocycles. The van der Waals surface area contributed by atoms with Gasteiger partial charge in [-0.3, -0.25) is 9.59 Å². The van der Waals surface area contributed by atoms with Crippen molar-refractivity contribution in [1.82, 2.24) is 9.99 Å². The number of hydrogen-bond donors (Lipinski definition) is 2. The lowest BCUT2D eigenvalue weighted by Gasteiger charge is -2.10. The number of ether oxygens (including phenoxy) is 1. The lowest BCUT2D eigenvalue weighted by molar-refractivity contribution is -0.119. The third-order valence-electron chi connectivity index (χ3n) is 4.34. The molecule has 0 saturated carbocycles. The van der Waals surface area contributed by atoms with Crippen LogP contribution in [0, 0.1) is 13.8 Å². The van der Waals surface area contributed by atoms with Gasteiger partial charge < -0.3 is 15.0 Å². The van der Waals surface area contributed by atoms with E-state index in [1.165, 1.54) is 6.21 Å². The summed E-state index contributed by atoms with van der Waals surface area (Å²) in [5, 5.41) is 4.29. The molecule has 0 aliphatic heterocycles. The minimum atomic E-state index is -0.592. The second-order valence-corrected chi connectivity index (χ2v) is 7.05. The Morgan fingerprint density at radius 3 is 2.53 bits per heavy atom. The number of benzene rings is 2. The number of nitrogens with two attached hydrogens (primary N) is 1. The number of rotatable bonds is 7. The average Bonchev–Trinajstić information content (AvgIpc) is 3.05. The lowest BCUT2D eigenvalue weighted by atomic mass is 10.2. The molecule has 0 atom stereocenters. The van der Waals surface area contributed by atoms with E-state index in [4.69, 9.17) is 22.1 Å². The highest BCUT2D eigenvalue weighted by Gasteiger charge is 2.09. The second kappa shape index (κ2) is 9.28. The first-order valence-corrected chi connectivity index (χ1v) is 9.52. The summed E-state index contributed by atoms with van der Waals surface area (Å²) in [5.74, 6) is -0.585. The van der Waals surface area contributed by atoms with Crippen LogP contribution in [0.25, 0.3) is 5.69 Å². The standard InChI is InChI=1S/C22H21ClN4O3/c1-14-6-7-15(2)27(14)18-5-3-4-17(11-18)22(29)26-25-12-16-8-9-20(19(23)10-16)30-13-21(24)28/h3-12H,13H2,1-2H3,(H2,24,28)(H,26,29). The van der Waals surface area contributed by atoms with Gasteiger partial charge in [0, 0.05) is 22.6 Å². The third-order valence-corrected chi connectivity index (χ3v) is 4.64. The van der Waals surface area contributed by atoms with Gasteiger partial charge >= 0.3 is 0 Å². The van der Waals surface area contributed by atoms with Crippen LogP contribution in [0.5, 0.6) is 5.75 Å².